The van der Waals surface area contributed by atoms with Crippen LogP contribution >= 0.6 is 11.6 Å². The molecular formula is C22H15ClN6. The molecule has 0 saturated carbocycles. The van der Waals surface area contributed by atoms with E-state index in [4.69, 9.17) is 11.6 Å². The quantitative estimate of drug-likeness (QED) is 0.392. The lowest BCUT2D eigenvalue weighted by Gasteiger charge is -2.08. The molecule has 0 aliphatic rings. The zero-order chi connectivity index (χ0) is 19.6. The van der Waals surface area contributed by atoms with Gasteiger partial charge in [0.1, 0.15) is 22.3 Å². The van der Waals surface area contributed by atoms with E-state index < -0.39 is 0 Å². The molecule has 5 aromatic rings. The molecule has 0 aliphatic carbocycles. The zero-order valence-corrected chi connectivity index (χ0v) is 15.9. The van der Waals surface area contributed by atoms with E-state index >= 15 is 0 Å². The van der Waals surface area contributed by atoms with Gasteiger partial charge in [-0.25, -0.2) is 15.0 Å². The van der Waals surface area contributed by atoms with Crippen molar-refractivity contribution in [1.82, 2.24) is 24.9 Å². The van der Waals surface area contributed by atoms with Crippen molar-refractivity contribution in [3.63, 3.8) is 0 Å². The number of fused-ring (bicyclic) bond motifs is 1. The molecule has 0 aliphatic heterocycles. The Balaban J connectivity index is 1.39. The number of rotatable bonds is 4. The van der Waals surface area contributed by atoms with Crippen molar-refractivity contribution in [3.05, 3.63) is 84.4 Å². The minimum atomic E-state index is 0.434. The van der Waals surface area contributed by atoms with E-state index in [0.717, 1.165) is 45.2 Å². The number of imidazole rings is 1. The summed E-state index contributed by atoms with van der Waals surface area (Å²) in [6, 6.07) is 19.5. The predicted octanol–water partition coefficient (Wildman–Crippen LogP) is 5.48. The van der Waals surface area contributed by atoms with Gasteiger partial charge in [0.15, 0.2) is 0 Å². The van der Waals surface area contributed by atoms with Crippen LogP contribution in [-0.2, 0) is 0 Å². The van der Waals surface area contributed by atoms with Crippen molar-refractivity contribution >= 4 is 34.1 Å². The second kappa shape index (κ2) is 7.33. The van der Waals surface area contributed by atoms with Crippen molar-refractivity contribution in [2.24, 2.45) is 0 Å². The fraction of sp³-hybridized carbons (Fsp3) is 0. The number of hydrogen-bond acceptors (Lipinski definition) is 5. The minimum absolute atomic E-state index is 0.434. The number of aromatic amines is 1. The Morgan fingerprint density at radius 1 is 0.828 bits per heavy atom. The molecule has 1 aromatic carbocycles. The van der Waals surface area contributed by atoms with Gasteiger partial charge in [0.25, 0.3) is 0 Å². The van der Waals surface area contributed by atoms with Gasteiger partial charge >= 0.3 is 0 Å². The maximum absolute atomic E-state index is 5.96. The molecule has 0 spiro atoms. The highest BCUT2D eigenvalue weighted by molar-refractivity contribution is 6.29. The number of pyridine rings is 3. The van der Waals surface area contributed by atoms with Crippen molar-refractivity contribution in [1.29, 1.82) is 0 Å². The molecule has 6 nitrogen and oxygen atoms in total. The lowest BCUT2D eigenvalue weighted by Crippen LogP contribution is -1.94. The van der Waals surface area contributed by atoms with Crippen LogP contribution in [0.4, 0.5) is 11.5 Å². The van der Waals surface area contributed by atoms with Crippen LogP contribution in [-0.4, -0.2) is 24.9 Å². The molecule has 0 bridgehead atoms. The van der Waals surface area contributed by atoms with E-state index in [1.165, 1.54) is 0 Å². The maximum Gasteiger partial charge on any atom is 0.138 e. The highest BCUT2D eigenvalue weighted by atomic mass is 35.5. The van der Waals surface area contributed by atoms with Gasteiger partial charge in [0.2, 0.25) is 0 Å². The van der Waals surface area contributed by atoms with E-state index in [2.05, 4.69) is 30.2 Å². The van der Waals surface area contributed by atoms with Gasteiger partial charge in [-0.05, 0) is 36.4 Å². The minimum Gasteiger partial charge on any atom is -0.340 e. The Morgan fingerprint density at radius 2 is 1.79 bits per heavy atom. The van der Waals surface area contributed by atoms with E-state index in [1.807, 2.05) is 60.8 Å². The van der Waals surface area contributed by atoms with Crippen molar-refractivity contribution in [2.45, 2.75) is 0 Å². The Bertz CT molecular complexity index is 1280. The summed E-state index contributed by atoms with van der Waals surface area (Å²) in [4.78, 5) is 20.8. The van der Waals surface area contributed by atoms with E-state index in [9.17, 15) is 0 Å². The molecule has 0 amide bonds. The third-order valence-corrected chi connectivity index (χ3v) is 4.67. The van der Waals surface area contributed by atoms with Gasteiger partial charge < -0.3 is 10.3 Å². The van der Waals surface area contributed by atoms with Crippen LogP contribution in [0.5, 0.6) is 0 Å². The van der Waals surface area contributed by atoms with Crippen LogP contribution in [0.2, 0.25) is 5.15 Å². The number of H-pyrrole nitrogens is 1. The largest absolute Gasteiger partial charge is 0.340 e. The standard InChI is InChI=1S/C22H15ClN6/c23-20-11-18-19(13-25-20)29-22(28-18)14-4-3-5-16(10-14)27-21-8-7-15(12-26-21)17-6-1-2-9-24-17/h1-13H,(H,26,27)(H,28,29). The summed E-state index contributed by atoms with van der Waals surface area (Å²) in [5.41, 5.74) is 5.36. The molecule has 0 atom stereocenters. The summed E-state index contributed by atoms with van der Waals surface area (Å²) in [5.74, 6) is 1.51. The molecule has 4 aromatic heterocycles. The first-order chi connectivity index (χ1) is 14.2. The molecule has 0 fully saturated rings. The van der Waals surface area contributed by atoms with Gasteiger partial charge in [-0.2, -0.15) is 0 Å². The fourth-order valence-electron chi connectivity index (χ4n) is 3.07. The van der Waals surface area contributed by atoms with Gasteiger partial charge in [-0.3, -0.25) is 4.98 Å². The average molecular weight is 399 g/mol. The second-order valence-corrected chi connectivity index (χ2v) is 6.85. The number of aromatic nitrogens is 5. The molecule has 0 radical (unpaired) electrons. The van der Waals surface area contributed by atoms with Crippen LogP contribution in [0.15, 0.2) is 79.3 Å². The highest BCUT2D eigenvalue weighted by Crippen LogP contribution is 2.25. The first kappa shape index (κ1) is 17.3. The summed E-state index contributed by atoms with van der Waals surface area (Å²) in [6.45, 7) is 0. The summed E-state index contributed by atoms with van der Waals surface area (Å²) in [5, 5.41) is 3.76. The Hall–Kier alpha value is -3.77. The lowest BCUT2D eigenvalue weighted by atomic mass is 10.2. The van der Waals surface area contributed by atoms with Crippen LogP contribution < -0.4 is 5.32 Å². The number of anilines is 2. The van der Waals surface area contributed by atoms with Gasteiger partial charge in [0.05, 0.1) is 17.4 Å². The molecular weight excluding hydrogens is 384 g/mol. The fourth-order valence-corrected chi connectivity index (χ4v) is 3.23. The summed E-state index contributed by atoms with van der Waals surface area (Å²) in [7, 11) is 0. The maximum atomic E-state index is 5.96. The SMILES string of the molecule is Clc1cc2[nH]c(-c3cccc(Nc4ccc(-c5ccccn5)cn4)c3)nc2cn1. The average Bonchev–Trinajstić information content (AvgIpc) is 3.18. The topological polar surface area (TPSA) is 79.4 Å². The number of nitrogens with one attached hydrogen (secondary N) is 2. The van der Waals surface area contributed by atoms with Gasteiger partial charge in [0, 0.05) is 35.3 Å². The molecule has 7 heteroatoms. The highest BCUT2D eigenvalue weighted by Gasteiger charge is 2.08. The number of halogens is 1. The molecule has 5 rings (SSSR count). The van der Waals surface area contributed by atoms with E-state index in [0.29, 0.717) is 5.15 Å². The van der Waals surface area contributed by atoms with Gasteiger partial charge in [-0.1, -0.05) is 29.8 Å². The monoisotopic (exact) mass is 398 g/mol. The van der Waals surface area contributed by atoms with Crippen molar-refractivity contribution < 1.29 is 0 Å². The Kier molecular flexibility index (Phi) is 4.38. The van der Waals surface area contributed by atoms with Crippen LogP contribution in [0.3, 0.4) is 0 Å². The van der Waals surface area contributed by atoms with Crippen molar-refractivity contribution in [2.75, 3.05) is 5.32 Å². The van der Waals surface area contributed by atoms with Gasteiger partial charge in [-0.15, -0.1) is 0 Å². The molecule has 2 N–H and O–H groups in total. The number of nitrogens with zero attached hydrogens (tertiary/aromatic N) is 4. The first-order valence-corrected chi connectivity index (χ1v) is 9.39. The van der Waals surface area contributed by atoms with Crippen molar-refractivity contribution in [3.8, 4) is 22.6 Å². The molecule has 0 saturated heterocycles. The summed E-state index contributed by atoms with van der Waals surface area (Å²) < 4.78 is 0. The molecule has 0 unspecified atom stereocenters. The molecule has 4 heterocycles. The number of hydrogen-bond donors (Lipinski definition) is 2. The van der Waals surface area contributed by atoms with E-state index in [1.54, 1.807) is 18.5 Å². The Morgan fingerprint density at radius 3 is 2.62 bits per heavy atom. The Labute approximate surface area is 171 Å². The van der Waals surface area contributed by atoms with E-state index in [-0.39, 0.29) is 0 Å². The van der Waals surface area contributed by atoms with Crippen LogP contribution in [0.25, 0.3) is 33.7 Å². The second-order valence-electron chi connectivity index (χ2n) is 6.46. The molecule has 140 valence electrons. The predicted molar refractivity (Wildman–Crippen MR) is 115 cm³/mol. The third-order valence-electron chi connectivity index (χ3n) is 4.47. The van der Waals surface area contributed by atoms with Crippen LogP contribution in [0.1, 0.15) is 0 Å². The summed E-state index contributed by atoms with van der Waals surface area (Å²) in [6.07, 6.45) is 5.24. The zero-order valence-electron chi connectivity index (χ0n) is 15.2. The third kappa shape index (κ3) is 3.66. The first-order valence-electron chi connectivity index (χ1n) is 9.01. The smallest absolute Gasteiger partial charge is 0.138 e. The molecule has 29 heavy (non-hydrogen) atoms. The normalized spacial score (nSPS) is 10.9. The lowest BCUT2D eigenvalue weighted by molar-refractivity contribution is 1.27. The summed E-state index contributed by atoms with van der Waals surface area (Å²) >= 11 is 5.96. The number of benzene rings is 1. The van der Waals surface area contributed by atoms with Crippen LogP contribution in [0, 0.1) is 0 Å².